The van der Waals surface area contributed by atoms with Gasteiger partial charge in [0.25, 0.3) is 0 Å². The molecule has 1 aromatic heterocycles. The van der Waals surface area contributed by atoms with Gasteiger partial charge in [0.15, 0.2) is 0 Å². The van der Waals surface area contributed by atoms with E-state index in [4.69, 9.17) is 9.15 Å². The molecule has 0 spiro atoms. The molecule has 6 nitrogen and oxygen atoms in total. The van der Waals surface area contributed by atoms with Crippen molar-refractivity contribution in [3.05, 3.63) is 53.5 Å². The van der Waals surface area contributed by atoms with E-state index in [1.54, 1.807) is 19.2 Å². The number of urea groups is 1. The summed E-state index contributed by atoms with van der Waals surface area (Å²) in [6.45, 7) is 0.680. The first-order valence-corrected chi connectivity index (χ1v) is 8.57. The van der Waals surface area contributed by atoms with Crippen LogP contribution in [0.25, 0.3) is 0 Å². The van der Waals surface area contributed by atoms with Gasteiger partial charge in [0.05, 0.1) is 19.9 Å². The van der Waals surface area contributed by atoms with Crippen molar-refractivity contribution in [2.75, 3.05) is 20.2 Å². The second-order valence-corrected chi connectivity index (χ2v) is 6.28. The molecule has 134 valence electrons. The van der Waals surface area contributed by atoms with Gasteiger partial charge in [0.2, 0.25) is 0 Å². The van der Waals surface area contributed by atoms with Gasteiger partial charge in [-0.3, -0.25) is 0 Å². The van der Waals surface area contributed by atoms with Crippen LogP contribution in [-0.2, 0) is 6.42 Å². The Balaban J connectivity index is 1.50. The molecule has 1 aromatic carbocycles. The number of furan rings is 1. The molecule has 0 unspecified atom stereocenters. The number of aliphatic hydroxyl groups is 1. The molecule has 0 aliphatic heterocycles. The van der Waals surface area contributed by atoms with E-state index in [0.717, 1.165) is 25.0 Å². The average molecular weight is 344 g/mol. The van der Waals surface area contributed by atoms with Gasteiger partial charge in [-0.05, 0) is 54.7 Å². The monoisotopic (exact) mass is 344 g/mol. The zero-order chi connectivity index (χ0) is 17.6. The predicted molar refractivity (Wildman–Crippen MR) is 93.7 cm³/mol. The van der Waals surface area contributed by atoms with Gasteiger partial charge in [0, 0.05) is 12.5 Å². The van der Waals surface area contributed by atoms with Gasteiger partial charge >= 0.3 is 6.03 Å². The number of hydrogen-bond donors (Lipinski definition) is 3. The summed E-state index contributed by atoms with van der Waals surface area (Å²) < 4.78 is 10.4. The third-order valence-corrected chi connectivity index (χ3v) is 4.63. The van der Waals surface area contributed by atoms with Crippen LogP contribution in [0, 0.1) is 0 Å². The SMILES string of the molecule is COc1ccc2c(c1)CCC[C@H]2CNC(=O)NC[C@@H](O)c1ccco1. The summed E-state index contributed by atoms with van der Waals surface area (Å²) in [6, 6.07) is 9.24. The van der Waals surface area contributed by atoms with E-state index in [1.807, 2.05) is 6.07 Å². The number of benzene rings is 1. The van der Waals surface area contributed by atoms with E-state index in [9.17, 15) is 9.90 Å². The highest BCUT2D eigenvalue weighted by atomic mass is 16.5. The van der Waals surface area contributed by atoms with E-state index in [1.165, 1.54) is 17.4 Å². The number of carbonyl (C=O) groups excluding carboxylic acids is 1. The molecule has 2 amide bonds. The van der Waals surface area contributed by atoms with E-state index in [-0.39, 0.29) is 12.6 Å². The minimum atomic E-state index is -0.844. The number of aryl methyl sites for hydroxylation is 1. The van der Waals surface area contributed by atoms with Crippen molar-refractivity contribution in [2.45, 2.75) is 31.3 Å². The maximum Gasteiger partial charge on any atom is 0.314 e. The largest absolute Gasteiger partial charge is 0.497 e. The first-order chi connectivity index (χ1) is 12.2. The van der Waals surface area contributed by atoms with E-state index in [0.29, 0.717) is 18.2 Å². The fourth-order valence-electron chi connectivity index (χ4n) is 3.28. The summed E-state index contributed by atoms with van der Waals surface area (Å²) in [7, 11) is 1.67. The normalized spacial score (nSPS) is 17.4. The maximum atomic E-state index is 12.0. The highest BCUT2D eigenvalue weighted by Gasteiger charge is 2.21. The van der Waals surface area contributed by atoms with Crippen molar-refractivity contribution in [3.8, 4) is 5.75 Å². The Hall–Kier alpha value is -2.47. The molecular formula is C19H24N2O4. The van der Waals surface area contributed by atoms with Crippen molar-refractivity contribution in [3.63, 3.8) is 0 Å². The van der Waals surface area contributed by atoms with E-state index >= 15 is 0 Å². The van der Waals surface area contributed by atoms with Crippen LogP contribution in [0.5, 0.6) is 5.75 Å². The van der Waals surface area contributed by atoms with Gasteiger partial charge in [-0.25, -0.2) is 4.79 Å². The van der Waals surface area contributed by atoms with Crippen molar-refractivity contribution < 1.29 is 19.1 Å². The lowest BCUT2D eigenvalue weighted by Gasteiger charge is -2.26. The molecule has 1 heterocycles. The van der Waals surface area contributed by atoms with Crippen LogP contribution in [0.4, 0.5) is 4.79 Å². The lowest BCUT2D eigenvalue weighted by atomic mass is 9.82. The second kappa shape index (κ2) is 8.07. The first-order valence-electron chi connectivity index (χ1n) is 8.57. The molecule has 0 bridgehead atoms. The lowest BCUT2D eigenvalue weighted by molar-refractivity contribution is 0.148. The maximum absolute atomic E-state index is 12.0. The third kappa shape index (κ3) is 4.33. The fourth-order valence-corrected chi connectivity index (χ4v) is 3.28. The van der Waals surface area contributed by atoms with Crippen LogP contribution >= 0.6 is 0 Å². The van der Waals surface area contributed by atoms with Gasteiger partial charge in [-0.2, -0.15) is 0 Å². The summed E-state index contributed by atoms with van der Waals surface area (Å²) in [6.07, 6.45) is 3.85. The number of fused-ring (bicyclic) bond motifs is 1. The average Bonchev–Trinajstić information content (AvgIpc) is 3.18. The standard InChI is InChI=1S/C19H24N2O4/c1-24-15-7-8-16-13(10-15)4-2-5-14(16)11-20-19(23)21-12-17(22)18-6-3-9-25-18/h3,6-10,14,17,22H,2,4-5,11-12H2,1H3,(H2,20,21,23)/t14-,17+/m0/s1. The predicted octanol–water partition coefficient (Wildman–Crippen LogP) is 2.74. The smallest absolute Gasteiger partial charge is 0.314 e. The van der Waals surface area contributed by atoms with Crippen molar-refractivity contribution in [2.24, 2.45) is 0 Å². The second-order valence-electron chi connectivity index (χ2n) is 6.28. The van der Waals surface area contributed by atoms with E-state index in [2.05, 4.69) is 22.8 Å². The van der Waals surface area contributed by atoms with Gasteiger partial charge < -0.3 is 24.9 Å². The number of rotatable bonds is 6. The minimum Gasteiger partial charge on any atom is -0.497 e. The van der Waals surface area contributed by atoms with Crippen LogP contribution in [-0.4, -0.2) is 31.3 Å². The number of amides is 2. The Morgan fingerprint density at radius 3 is 3.04 bits per heavy atom. The molecule has 0 radical (unpaired) electrons. The molecular weight excluding hydrogens is 320 g/mol. The molecule has 0 saturated carbocycles. The summed E-state index contributed by atoms with van der Waals surface area (Å²) in [5.74, 6) is 1.61. The number of aliphatic hydroxyl groups excluding tert-OH is 1. The Bertz CT molecular complexity index is 699. The van der Waals surface area contributed by atoms with Gasteiger partial charge in [-0.15, -0.1) is 0 Å². The van der Waals surface area contributed by atoms with Crippen LogP contribution in [0.3, 0.4) is 0 Å². The molecule has 25 heavy (non-hydrogen) atoms. The number of methoxy groups -OCH3 is 1. The molecule has 2 aromatic rings. The molecule has 0 saturated heterocycles. The highest BCUT2D eigenvalue weighted by molar-refractivity contribution is 5.73. The van der Waals surface area contributed by atoms with Crippen LogP contribution < -0.4 is 15.4 Å². The quantitative estimate of drug-likeness (QED) is 0.752. The van der Waals surface area contributed by atoms with Crippen LogP contribution in [0.2, 0.25) is 0 Å². The molecule has 1 aliphatic rings. The minimum absolute atomic E-state index is 0.109. The topological polar surface area (TPSA) is 83.7 Å². The summed E-state index contributed by atoms with van der Waals surface area (Å²) >= 11 is 0. The summed E-state index contributed by atoms with van der Waals surface area (Å²) in [5.41, 5.74) is 2.58. The Labute approximate surface area is 147 Å². The van der Waals surface area contributed by atoms with E-state index < -0.39 is 6.10 Å². The number of carbonyl (C=O) groups is 1. The van der Waals surface area contributed by atoms with Crippen molar-refractivity contribution >= 4 is 6.03 Å². The van der Waals surface area contributed by atoms with Crippen LogP contribution in [0.1, 0.15) is 41.8 Å². The Morgan fingerprint density at radius 1 is 1.40 bits per heavy atom. The Kier molecular flexibility index (Phi) is 5.60. The number of ether oxygens (including phenoxy) is 1. The number of hydrogen-bond acceptors (Lipinski definition) is 4. The first kappa shape index (κ1) is 17.4. The molecule has 0 fully saturated rings. The third-order valence-electron chi connectivity index (χ3n) is 4.63. The number of nitrogens with one attached hydrogen (secondary N) is 2. The zero-order valence-corrected chi connectivity index (χ0v) is 14.3. The summed E-state index contributed by atoms with van der Waals surface area (Å²) in [5, 5.41) is 15.5. The molecule has 1 aliphatic carbocycles. The van der Waals surface area contributed by atoms with Crippen molar-refractivity contribution in [1.82, 2.24) is 10.6 Å². The lowest BCUT2D eigenvalue weighted by Crippen LogP contribution is -2.40. The van der Waals surface area contributed by atoms with Crippen molar-refractivity contribution in [1.29, 1.82) is 0 Å². The zero-order valence-electron chi connectivity index (χ0n) is 14.3. The van der Waals surface area contributed by atoms with Gasteiger partial charge in [0.1, 0.15) is 17.6 Å². The fraction of sp³-hybridized carbons (Fsp3) is 0.421. The Morgan fingerprint density at radius 2 is 2.28 bits per heavy atom. The molecule has 3 N–H and O–H groups in total. The molecule has 6 heteroatoms. The molecule has 3 rings (SSSR count). The summed E-state index contributed by atoms with van der Waals surface area (Å²) in [4.78, 5) is 12.0. The van der Waals surface area contributed by atoms with Crippen LogP contribution in [0.15, 0.2) is 41.0 Å². The molecule has 2 atom stereocenters. The highest BCUT2D eigenvalue weighted by Crippen LogP contribution is 2.33. The van der Waals surface area contributed by atoms with Gasteiger partial charge in [-0.1, -0.05) is 6.07 Å².